The van der Waals surface area contributed by atoms with Crippen LogP contribution in [0.2, 0.25) is 5.02 Å². The Bertz CT molecular complexity index is 295. The van der Waals surface area contributed by atoms with Gasteiger partial charge in [-0.3, -0.25) is 0 Å². The first kappa shape index (κ1) is 13.3. The summed E-state index contributed by atoms with van der Waals surface area (Å²) in [6.07, 6.45) is 0.976. The van der Waals surface area contributed by atoms with Crippen LogP contribution in [0.1, 0.15) is 20.3 Å². The Morgan fingerprint density at radius 1 is 1.25 bits per heavy atom. The average Bonchev–Trinajstić information content (AvgIpc) is 2.26. The van der Waals surface area contributed by atoms with Gasteiger partial charge in [-0.1, -0.05) is 25.4 Å². The minimum atomic E-state index is 0.172. The molecule has 90 valence electrons. The molecular formula is C13H19ClO2. The molecule has 1 N–H and O–H groups in total. The molecule has 0 aliphatic heterocycles. The van der Waals surface area contributed by atoms with Crippen LogP contribution in [0.15, 0.2) is 24.3 Å². The van der Waals surface area contributed by atoms with Crippen LogP contribution in [0.5, 0.6) is 5.75 Å². The van der Waals surface area contributed by atoms with Crippen LogP contribution in [0, 0.1) is 11.8 Å². The summed E-state index contributed by atoms with van der Waals surface area (Å²) in [5.41, 5.74) is 0. The molecule has 0 radical (unpaired) electrons. The maximum Gasteiger partial charge on any atom is 0.119 e. The lowest BCUT2D eigenvalue weighted by Crippen LogP contribution is -2.18. The molecule has 0 aliphatic carbocycles. The molecule has 16 heavy (non-hydrogen) atoms. The molecule has 3 heteroatoms. The molecule has 0 saturated heterocycles. The lowest BCUT2D eigenvalue weighted by Gasteiger charge is -2.17. The summed E-state index contributed by atoms with van der Waals surface area (Å²) in [6.45, 7) is 5.01. The predicted molar refractivity (Wildman–Crippen MR) is 67.0 cm³/mol. The molecule has 0 aliphatic rings. The van der Waals surface area contributed by atoms with Crippen molar-refractivity contribution < 1.29 is 9.84 Å². The van der Waals surface area contributed by atoms with E-state index >= 15 is 0 Å². The Kier molecular flexibility index (Phi) is 5.64. The lowest BCUT2D eigenvalue weighted by atomic mass is 9.99. The van der Waals surface area contributed by atoms with E-state index in [-0.39, 0.29) is 12.5 Å². The summed E-state index contributed by atoms with van der Waals surface area (Å²) < 4.78 is 5.60. The topological polar surface area (TPSA) is 29.5 Å². The molecule has 1 unspecified atom stereocenters. The van der Waals surface area contributed by atoms with Gasteiger partial charge in [0.25, 0.3) is 0 Å². The molecule has 2 nitrogen and oxygen atoms in total. The first-order chi connectivity index (χ1) is 7.61. The smallest absolute Gasteiger partial charge is 0.119 e. The maximum absolute atomic E-state index is 9.20. The van der Waals surface area contributed by atoms with E-state index in [0.29, 0.717) is 17.5 Å². The number of rotatable bonds is 6. The van der Waals surface area contributed by atoms with Gasteiger partial charge < -0.3 is 9.84 Å². The third kappa shape index (κ3) is 4.86. The predicted octanol–water partition coefficient (Wildman–Crippen LogP) is 3.37. The van der Waals surface area contributed by atoms with Gasteiger partial charge in [0.2, 0.25) is 0 Å². The zero-order chi connectivity index (χ0) is 12.0. The van der Waals surface area contributed by atoms with Crippen LogP contribution >= 0.6 is 11.6 Å². The summed E-state index contributed by atoms with van der Waals surface area (Å²) >= 11 is 5.77. The van der Waals surface area contributed by atoms with Crippen molar-refractivity contribution in [2.24, 2.45) is 11.8 Å². The first-order valence-corrected chi connectivity index (χ1v) is 5.99. The molecule has 0 saturated carbocycles. The van der Waals surface area contributed by atoms with Crippen LogP contribution in [-0.4, -0.2) is 18.3 Å². The molecule has 0 spiro atoms. The molecule has 0 fully saturated rings. The van der Waals surface area contributed by atoms with Gasteiger partial charge in [0.15, 0.2) is 0 Å². The maximum atomic E-state index is 9.20. The van der Waals surface area contributed by atoms with Crippen molar-refractivity contribution in [2.75, 3.05) is 13.2 Å². The fourth-order valence-corrected chi connectivity index (χ4v) is 1.73. The van der Waals surface area contributed by atoms with Crippen molar-refractivity contribution in [2.45, 2.75) is 20.3 Å². The van der Waals surface area contributed by atoms with Crippen molar-refractivity contribution >= 4 is 11.6 Å². The summed E-state index contributed by atoms with van der Waals surface area (Å²) in [5.74, 6) is 1.58. The first-order valence-electron chi connectivity index (χ1n) is 5.61. The van der Waals surface area contributed by atoms with E-state index in [2.05, 4.69) is 13.8 Å². The van der Waals surface area contributed by atoms with E-state index in [1.54, 1.807) is 12.1 Å². The highest BCUT2D eigenvalue weighted by Crippen LogP contribution is 2.18. The van der Waals surface area contributed by atoms with Crippen molar-refractivity contribution in [1.29, 1.82) is 0 Å². The molecule has 0 bridgehead atoms. The van der Waals surface area contributed by atoms with Gasteiger partial charge >= 0.3 is 0 Å². The minimum absolute atomic E-state index is 0.172. The number of aliphatic hydroxyl groups is 1. The van der Waals surface area contributed by atoms with Crippen molar-refractivity contribution in [3.63, 3.8) is 0 Å². The number of halogens is 1. The Morgan fingerprint density at radius 2 is 1.88 bits per heavy atom. The monoisotopic (exact) mass is 242 g/mol. The summed E-state index contributed by atoms with van der Waals surface area (Å²) in [7, 11) is 0. The molecule has 0 aromatic heterocycles. The number of aliphatic hydroxyl groups excluding tert-OH is 1. The van der Waals surface area contributed by atoms with E-state index < -0.39 is 0 Å². The SMILES string of the molecule is CC(C)CC(CO)COc1ccc(Cl)cc1. The molecule has 1 aromatic rings. The highest BCUT2D eigenvalue weighted by Gasteiger charge is 2.10. The Balaban J connectivity index is 2.40. The highest BCUT2D eigenvalue weighted by molar-refractivity contribution is 6.30. The molecule has 1 aromatic carbocycles. The normalized spacial score (nSPS) is 12.8. The van der Waals surface area contributed by atoms with Crippen molar-refractivity contribution in [3.8, 4) is 5.75 Å². The zero-order valence-corrected chi connectivity index (χ0v) is 10.6. The van der Waals surface area contributed by atoms with Crippen molar-refractivity contribution in [3.05, 3.63) is 29.3 Å². The summed E-state index contributed by atoms with van der Waals surface area (Å²) in [5, 5.41) is 9.90. The Hall–Kier alpha value is -0.730. The third-order valence-electron chi connectivity index (χ3n) is 2.36. The van der Waals surface area contributed by atoms with Gasteiger partial charge in [0.05, 0.1) is 6.61 Å². The molecule has 1 atom stereocenters. The van der Waals surface area contributed by atoms with E-state index in [9.17, 15) is 5.11 Å². The van der Waals surface area contributed by atoms with Crippen LogP contribution in [0.3, 0.4) is 0 Å². The van der Waals surface area contributed by atoms with Crippen molar-refractivity contribution in [1.82, 2.24) is 0 Å². The van der Waals surface area contributed by atoms with E-state index in [0.717, 1.165) is 12.2 Å². The van der Waals surface area contributed by atoms with Crippen LogP contribution in [-0.2, 0) is 0 Å². The second-order valence-electron chi connectivity index (χ2n) is 4.44. The number of benzene rings is 1. The number of ether oxygens (including phenoxy) is 1. The van der Waals surface area contributed by atoms with Crippen LogP contribution in [0.25, 0.3) is 0 Å². The summed E-state index contributed by atoms with van der Waals surface area (Å²) in [4.78, 5) is 0. The Labute approximate surface area is 102 Å². The highest BCUT2D eigenvalue weighted by atomic mass is 35.5. The van der Waals surface area contributed by atoms with Crippen LogP contribution < -0.4 is 4.74 Å². The molecule has 0 amide bonds. The van der Waals surface area contributed by atoms with Gasteiger partial charge in [-0.15, -0.1) is 0 Å². The Morgan fingerprint density at radius 3 is 2.38 bits per heavy atom. The molecule has 0 heterocycles. The quantitative estimate of drug-likeness (QED) is 0.829. The van der Waals surface area contributed by atoms with E-state index in [4.69, 9.17) is 16.3 Å². The second-order valence-corrected chi connectivity index (χ2v) is 4.88. The second kappa shape index (κ2) is 6.77. The van der Waals surface area contributed by atoms with E-state index in [1.165, 1.54) is 0 Å². The number of hydrogen-bond acceptors (Lipinski definition) is 2. The zero-order valence-electron chi connectivity index (χ0n) is 9.82. The lowest BCUT2D eigenvalue weighted by molar-refractivity contribution is 0.146. The largest absolute Gasteiger partial charge is 0.493 e. The van der Waals surface area contributed by atoms with Gasteiger partial charge in [-0.25, -0.2) is 0 Å². The standard InChI is InChI=1S/C13H19ClO2/c1-10(2)7-11(8-15)9-16-13-5-3-12(14)4-6-13/h3-6,10-11,15H,7-9H2,1-2H3. The minimum Gasteiger partial charge on any atom is -0.493 e. The average molecular weight is 243 g/mol. The van der Waals surface area contributed by atoms with Gasteiger partial charge in [-0.05, 0) is 36.6 Å². The molecular weight excluding hydrogens is 224 g/mol. The third-order valence-corrected chi connectivity index (χ3v) is 2.61. The van der Waals surface area contributed by atoms with Gasteiger partial charge in [0, 0.05) is 17.5 Å². The molecule has 1 rings (SSSR count). The van der Waals surface area contributed by atoms with E-state index in [1.807, 2.05) is 12.1 Å². The number of hydrogen-bond donors (Lipinski definition) is 1. The summed E-state index contributed by atoms with van der Waals surface area (Å²) in [6, 6.07) is 7.28. The fraction of sp³-hybridized carbons (Fsp3) is 0.538. The van der Waals surface area contributed by atoms with Gasteiger partial charge in [0.1, 0.15) is 5.75 Å². The van der Waals surface area contributed by atoms with Crippen LogP contribution in [0.4, 0.5) is 0 Å². The fourth-order valence-electron chi connectivity index (χ4n) is 1.61. The van der Waals surface area contributed by atoms with Gasteiger partial charge in [-0.2, -0.15) is 0 Å².